The smallest absolute Gasteiger partial charge is 0.388 e. The molecule has 3 amide bonds. The van der Waals surface area contributed by atoms with Crippen LogP contribution in [0.5, 0.6) is 0 Å². The van der Waals surface area contributed by atoms with Gasteiger partial charge in [0, 0.05) is 18.4 Å². The predicted octanol–water partition coefficient (Wildman–Crippen LogP) is 4.39. The summed E-state index contributed by atoms with van der Waals surface area (Å²) in [6.07, 6.45) is -2.95. The number of pyridine rings is 1. The van der Waals surface area contributed by atoms with E-state index in [0.29, 0.717) is 12.8 Å². The Morgan fingerprint density at radius 1 is 1.29 bits per heavy atom. The highest BCUT2D eigenvalue weighted by Gasteiger charge is 2.48. The molecule has 7 nitrogen and oxygen atoms in total. The SMILES string of the molecule is Cc1cc(C(F)(F)F)cc(N2C(=O)N(CC3(O)CCC3)C[C@H]2C(=O)N(C)c2ccc(F)c(Cl)c2)n1. The zero-order valence-electron chi connectivity index (χ0n) is 18.9. The number of alkyl halides is 3. The lowest BCUT2D eigenvalue weighted by Gasteiger charge is -2.39. The van der Waals surface area contributed by atoms with E-state index in [2.05, 4.69) is 4.98 Å². The maximum atomic E-state index is 13.6. The van der Waals surface area contributed by atoms with Crippen molar-refractivity contribution in [3.63, 3.8) is 0 Å². The number of aromatic nitrogens is 1. The molecule has 0 radical (unpaired) electrons. The molecule has 12 heteroatoms. The van der Waals surface area contributed by atoms with E-state index < -0.39 is 41.1 Å². The average molecular weight is 515 g/mol. The zero-order valence-corrected chi connectivity index (χ0v) is 19.7. The van der Waals surface area contributed by atoms with Gasteiger partial charge in [0.2, 0.25) is 0 Å². The van der Waals surface area contributed by atoms with Crippen LogP contribution in [0.4, 0.5) is 33.9 Å². The summed E-state index contributed by atoms with van der Waals surface area (Å²) in [6.45, 7) is 1.13. The van der Waals surface area contributed by atoms with E-state index in [1.54, 1.807) is 0 Å². The van der Waals surface area contributed by atoms with Crippen molar-refractivity contribution in [1.29, 1.82) is 0 Å². The van der Waals surface area contributed by atoms with Crippen LogP contribution in [0.15, 0.2) is 30.3 Å². The van der Waals surface area contributed by atoms with Gasteiger partial charge in [0.1, 0.15) is 17.7 Å². The number of aliphatic hydroxyl groups is 1. The van der Waals surface area contributed by atoms with Crippen LogP contribution < -0.4 is 9.80 Å². The summed E-state index contributed by atoms with van der Waals surface area (Å²) in [5, 5.41) is 10.4. The van der Waals surface area contributed by atoms with Gasteiger partial charge >= 0.3 is 12.2 Å². The molecule has 2 heterocycles. The number of likely N-dealkylation sites (N-methyl/N-ethyl adjacent to an activating group) is 1. The Morgan fingerprint density at radius 3 is 2.54 bits per heavy atom. The number of benzene rings is 1. The number of carbonyl (C=O) groups is 2. The third-order valence-corrected chi connectivity index (χ3v) is 6.66. The van der Waals surface area contributed by atoms with Crippen molar-refractivity contribution in [3.8, 4) is 0 Å². The molecule has 1 aromatic heterocycles. The van der Waals surface area contributed by atoms with Crippen molar-refractivity contribution in [1.82, 2.24) is 9.88 Å². The van der Waals surface area contributed by atoms with E-state index in [0.717, 1.165) is 34.4 Å². The lowest BCUT2D eigenvalue weighted by molar-refractivity contribution is -0.137. The van der Waals surface area contributed by atoms with Gasteiger partial charge < -0.3 is 14.9 Å². The molecule has 2 aromatic rings. The van der Waals surface area contributed by atoms with Gasteiger partial charge in [-0.15, -0.1) is 0 Å². The minimum absolute atomic E-state index is 0.0172. The number of anilines is 2. The number of halogens is 5. The molecule has 0 spiro atoms. The zero-order chi connectivity index (χ0) is 25.7. The number of carbonyl (C=O) groups excluding carboxylic acids is 2. The lowest BCUT2D eigenvalue weighted by Crippen LogP contribution is -2.49. The summed E-state index contributed by atoms with van der Waals surface area (Å²) in [5.41, 5.74) is -1.86. The van der Waals surface area contributed by atoms with Crippen molar-refractivity contribution in [2.45, 2.75) is 44.0 Å². The first-order valence-corrected chi connectivity index (χ1v) is 11.3. The molecule has 1 atom stereocenters. The van der Waals surface area contributed by atoms with Crippen LogP contribution in [0, 0.1) is 12.7 Å². The molecular formula is C23H23ClF4N4O3. The van der Waals surface area contributed by atoms with Crippen molar-refractivity contribution in [2.75, 3.05) is 29.9 Å². The Kier molecular flexibility index (Phi) is 6.43. The number of hydrogen-bond acceptors (Lipinski definition) is 4. The summed E-state index contributed by atoms with van der Waals surface area (Å²) in [4.78, 5) is 34.3. The van der Waals surface area contributed by atoms with Gasteiger partial charge in [0.25, 0.3) is 5.91 Å². The topological polar surface area (TPSA) is 77.0 Å². The Labute approximate surface area is 203 Å². The molecule has 1 N–H and O–H groups in total. The minimum atomic E-state index is -4.69. The second-order valence-corrected chi connectivity index (χ2v) is 9.38. The third-order valence-electron chi connectivity index (χ3n) is 6.37. The van der Waals surface area contributed by atoms with E-state index in [-0.39, 0.29) is 35.3 Å². The number of aryl methyl sites for hydroxylation is 1. The van der Waals surface area contributed by atoms with Crippen LogP contribution in [0.2, 0.25) is 5.02 Å². The predicted molar refractivity (Wildman–Crippen MR) is 121 cm³/mol. The van der Waals surface area contributed by atoms with E-state index in [4.69, 9.17) is 11.6 Å². The maximum absolute atomic E-state index is 13.6. The number of β-amino-alcohol motifs (C(OH)–C–C–N with tert-alkyl or cyclic N) is 1. The van der Waals surface area contributed by atoms with Crippen LogP contribution in [-0.2, 0) is 11.0 Å². The van der Waals surface area contributed by atoms with E-state index >= 15 is 0 Å². The van der Waals surface area contributed by atoms with Crippen LogP contribution in [0.25, 0.3) is 0 Å². The summed E-state index contributed by atoms with van der Waals surface area (Å²) in [7, 11) is 1.39. The Morgan fingerprint density at radius 2 is 1.97 bits per heavy atom. The molecule has 1 aliphatic heterocycles. The van der Waals surface area contributed by atoms with E-state index in [9.17, 15) is 32.3 Å². The molecule has 2 aliphatic rings. The molecular weight excluding hydrogens is 492 g/mol. The average Bonchev–Trinajstić information content (AvgIpc) is 3.08. The largest absolute Gasteiger partial charge is 0.416 e. The number of urea groups is 1. The molecule has 1 saturated carbocycles. The maximum Gasteiger partial charge on any atom is 0.416 e. The molecule has 188 valence electrons. The van der Waals surface area contributed by atoms with Crippen LogP contribution >= 0.6 is 11.6 Å². The monoisotopic (exact) mass is 514 g/mol. The highest BCUT2D eigenvalue weighted by molar-refractivity contribution is 6.31. The fourth-order valence-electron chi connectivity index (χ4n) is 4.31. The number of amides is 3. The first-order valence-electron chi connectivity index (χ1n) is 10.9. The molecule has 2 fully saturated rings. The highest BCUT2D eigenvalue weighted by Crippen LogP contribution is 2.37. The van der Waals surface area contributed by atoms with Gasteiger partial charge in [0.15, 0.2) is 0 Å². The van der Waals surface area contributed by atoms with Crippen molar-refractivity contribution >= 4 is 35.0 Å². The van der Waals surface area contributed by atoms with Gasteiger partial charge in [-0.3, -0.25) is 9.69 Å². The number of nitrogens with zero attached hydrogens (tertiary/aromatic N) is 4. The van der Waals surface area contributed by atoms with Crippen molar-refractivity contribution < 1.29 is 32.3 Å². The summed E-state index contributed by atoms with van der Waals surface area (Å²) < 4.78 is 54.0. The Balaban J connectivity index is 1.72. The Hall–Kier alpha value is -2.92. The van der Waals surface area contributed by atoms with Gasteiger partial charge in [-0.1, -0.05) is 11.6 Å². The molecule has 35 heavy (non-hydrogen) atoms. The van der Waals surface area contributed by atoms with Gasteiger partial charge in [0.05, 0.1) is 29.3 Å². The summed E-state index contributed by atoms with van der Waals surface area (Å²) in [6, 6.07) is 3.23. The highest BCUT2D eigenvalue weighted by atomic mass is 35.5. The number of hydrogen-bond donors (Lipinski definition) is 1. The first kappa shape index (κ1) is 25.2. The van der Waals surface area contributed by atoms with Crippen LogP contribution in [-0.4, -0.2) is 58.7 Å². The van der Waals surface area contributed by atoms with E-state index in [1.165, 1.54) is 31.0 Å². The Bertz CT molecular complexity index is 1170. The van der Waals surface area contributed by atoms with E-state index in [1.807, 2.05) is 0 Å². The molecule has 0 bridgehead atoms. The second-order valence-electron chi connectivity index (χ2n) is 8.98. The summed E-state index contributed by atoms with van der Waals surface area (Å²) >= 11 is 5.84. The van der Waals surface area contributed by atoms with Gasteiger partial charge in [-0.2, -0.15) is 13.2 Å². The van der Waals surface area contributed by atoms with Gasteiger partial charge in [-0.05, 0) is 56.5 Å². The van der Waals surface area contributed by atoms with Crippen LogP contribution in [0.1, 0.15) is 30.5 Å². The molecule has 1 saturated heterocycles. The van der Waals surface area contributed by atoms with Crippen molar-refractivity contribution in [3.05, 3.63) is 52.4 Å². The molecule has 0 unspecified atom stereocenters. The standard InChI is InChI=1S/C23H23ClF4N4O3/c1-13-8-14(23(26,27)28)9-19(29-13)32-18(11-31(21(32)34)12-22(35)6-3-7-22)20(33)30(2)15-4-5-17(25)16(24)10-15/h4-5,8-10,18,35H,3,6-7,11-12H2,1-2H3/t18-/m0/s1. The number of rotatable bonds is 5. The lowest BCUT2D eigenvalue weighted by atomic mass is 9.80. The summed E-state index contributed by atoms with van der Waals surface area (Å²) in [5.74, 6) is -1.65. The van der Waals surface area contributed by atoms with Gasteiger partial charge in [-0.25, -0.2) is 14.2 Å². The molecule has 1 aromatic carbocycles. The third kappa shape index (κ3) is 4.92. The fraction of sp³-hybridized carbons (Fsp3) is 0.435. The normalized spacial score (nSPS) is 19.7. The second kappa shape index (κ2) is 8.94. The fourth-order valence-corrected chi connectivity index (χ4v) is 4.49. The van der Waals surface area contributed by atoms with Crippen LogP contribution in [0.3, 0.4) is 0 Å². The minimum Gasteiger partial charge on any atom is -0.388 e. The quantitative estimate of drug-likeness (QED) is 0.600. The first-order chi connectivity index (χ1) is 16.3. The molecule has 4 rings (SSSR count). The molecule has 1 aliphatic carbocycles. The van der Waals surface area contributed by atoms with Crippen molar-refractivity contribution in [2.24, 2.45) is 0 Å².